The molecule has 1 heterocycles. The number of carbonyl (C=O) groups excluding carboxylic acids is 1. The van der Waals surface area contributed by atoms with Gasteiger partial charge in [-0.1, -0.05) is 12.1 Å². The van der Waals surface area contributed by atoms with Gasteiger partial charge in [0.2, 0.25) is 5.91 Å². The molecule has 0 saturated carbocycles. The number of amides is 1. The van der Waals surface area contributed by atoms with Crippen LogP contribution in [0.4, 0.5) is 11.5 Å². The van der Waals surface area contributed by atoms with Crippen LogP contribution in [0, 0.1) is 0 Å². The van der Waals surface area contributed by atoms with Crippen molar-refractivity contribution in [2.75, 3.05) is 32.7 Å². The van der Waals surface area contributed by atoms with E-state index < -0.39 is 12.7 Å². The summed E-state index contributed by atoms with van der Waals surface area (Å²) in [5.74, 6) is 1.44. The summed E-state index contributed by atoms with van der Waals surface area (Å²) in [5.41, 5.74) is 2.34. The van der Waals surface area contributed by atoms with E-state index in [0.717, 1.165) is 16.6 Å². The van der Waals surface area contributed by atoms with Gasteiger partial charge in [0.25, 0.3) is 0 Å². The summed E-state index contributed by atoms with van der Waals surface area (Å²) in [6.45, 7) is -0.410. The largest absolute Gasteiger partial charge is 0.493 e. The molecule has 3 aromatic rings. The summed E-state index contributed by atoms with van der Waals surface area (Å²) < 4.78 is 10.7. The van der Waals surface area contributed by atoms with Crippen molar-refractivity contribution in [1.82, 2.24) is 15.3 Å². The van der Waals surface area contributed by atoms with Crippen molar-refractivity contribution >= 4 is 34.4 Å². The number of nitrogens with one attached hydrogen (secondary N) is 2. The second-order valence-electron chi connectivity index (χ2n) is 6.61. The molecule has 1 aromatic heterocycles. The molecule has 162 valence electrons. The first-order valence-electron chi connectivity index (χ1n) is 9.52. The van der Waals surface area contributed by atoms with Gasteiger partial charge in [-0.15, -0.1) is 0 Å². The molecular weight excluding hydrogens is 400 g/mol. The van der Waals surface area contributed by atoms with Crippen LogP contribution in [0.2, 0.25) is 0 Å². The number of rotatable bonds is 9. The van der Waals surface area contributed by atoms with Crippen molar-refractivity contribution in [1.29, 1.82) is 0 Å². The second-order valence-corrected chi connectivity index (χ2v) is 6.61. The third-order valence-electron chi connectivity index (χ3n) is 4.46. The van der Waals surface area contributed by atoms with Crippen LogP contribution in [-0.2, 0) is 4.79 Å². The Labute approximate surface area is 179 Å². The fourth-order valence-electron chi connectivity index (χ4n) is 2.81. The molecule has 0 spiro atoms. The molecule has 0 bridgehead atoms. The van der Waals surface area contributed by atoms with Crippen LogP contribution in [-0.4, -0.2) is 59.6 Å². The van der Waals surface area contributed by atoms with E-state index in [0.29, 0.717) is 22.8 Å². The number of aliphatic hydroxyl groups excluding tert-OH is 2. The summed E-state index contributed by atoms with van der Waals surface area (Å²) in [4.78, 5) is 20.4. The van der Waals surface area contributed by atoms with Gasteiger partial charge < -0.3 is 30.3 Å². The molecule has 3 rings (SSSR count). The normalized spacial score (nSPS) is 12.0. The van der Waals surface area contributed by atoms with Crippen molar-refractivity contribution in [3.05, 3.63) is 54.4 Å². The molecular formula is C22H24N4O5. The lowest BCUT2D eigenvalue weighted by Crippen LogP contribution is -2.32. The average Bonchev–Trinajstić information content (AvgIpc) is 2.81. The molecule has 31 heavy (non-hydrogen) atoms. The third kappa shape index (κ3) is 5.68. The molecule has 0 aliphatic heterocycles. The number of hydrogen-bond acceptors (Lipinski definition) is 8. The standard InChI is InChI=1S/C22H24N4O5/c1-30-19-9-17-18(10-20(19)31-2)24-13-25-22(17)26-15-6-3-14(4-7-15)5-8-21(29)23-11-16(28)12-27/h3-10,13,16,27-28H,11-12H2,1-2H3,(H,23,29)(H,24,25,26)/b8-5+. The average molecular weight is 424 g/mol. The number of anilines is 2. The van der Waals surface area contributed by atoms with Gasteiger partial charge in [0, 0.05) is 29.8 Å². The molecule has 0 aliphatic carbocycles. The maximum atomic E-state index is 11.7. The maximum absolute atomic E-state index is 11.7. The van der Waals surface area contributed by atoms with E-state index in [1.165, 1.54) is 12.4 Å². The van der Waals surface area contributed by atoms with Crippen LogP contribution < -0.4 is 20.1 Å². The monoisotopic (exact) mass is 424 g/mol. The van der Waals surface area contributed by atoms with Gasteiger partial charge in [0.15, 0.2) is 11.5 Å². The highest BCUT2D eigenvalue weighted by atomic mass is 16.5. The zero-order valence-corrected chi connectivity index (χ0v) is 17.2. The number of aliphatic hydroxyl groups is 2. The summed E-state index contributed by atoms with van der Waals surface area (Å²) in [7, 11) is 3.14. The van der Waals surface area contributed by atoms with E-state index in [4.69, 9.17) is 14.6 Å². The molecule has 0 saturated heterocycles. The van der Waals surface area contributed by atoms with Crippen LogP contribution in [0.25, 0.3) is 17.0 Å². The highest BCUT2D eigenvalue weighted by molar-refractivity contribution is 5.93. The van der Waals surface area contributed by atoms with Gasteiger partial charge in [-0.05, 0) is 29.8 Å². The summed E-state index contributed by atoms with van der Waals surface area (Å²) in [6, 6.07) is 11.0. The van der Waals surface area contributed by atoms with Gasteiger partial charge in [-0.25, -0.2) is 9.97 Å². The van der Waals surface area contributed by atoms with E-state index in [-0.39, 0.29) is 12.5 Å². The minimum absolute atomic E-state index is 0.00786. The molecule has 1 atom stereocenters. The molecule has 2 aromatic carbocycles. The molecule has 0 aliphatic rings. The van der Waals surface area contributed by atoms with Gasteiger partial charge in [-0.2, -0.15) is 0 Å². The van der Waals surface area contributed by atoms with E-state index in [9.17, 15) is 9.90 Å². The van der Waals surface area contributed by atoms with Crippen molar-refractivity contribution in [2.24, 2.45) is 0 Å². The molecule has 1 unspecified atom stereocenters. The maximum Gasteiger partial charge on any atom is 0.244 e. The lowest BCUT2D eigenvalue weighted by atomic mass is 10.1. The van der Waals surface area contributed by atoms with Crippen molar-refractivity contribution in [3.8, 4) is 11.5 Å². The highest BCUT2D eigenvalue weighted by Crippen LogP contribution is 2.34. The number of ether oxygens (including phenoxy) is 2. The van der Waals surface area contributed by atoms with Crippen molar-refractivity contribution in [2.45, 2.75) is 6.10 Å². The Bertz CT molecular complexity index is 1070. The molecule has 0 fully saturated rings. The second kappa shape index (κ2) is 10.4. The summed E-state index contributed by atoms with van der Waals surface area (Å²) in [6.07, 6.45) is 3.52. The van der Waals surface area contributed by atoms with Gasteiger partial charge in [0.1, 0.15) is 12.1 Å². The topological polar surface area (TPSA) is 126 Å². The number of benzene rings is 2. The molecule has 1 amide bonds. The first-order chi connectivity index (χ1) is 15.0. The van der Waals surface area contributed by atoms with Crippen LogP contribution in [0.1, 0.15) is 5.56 Å². The molecule has 9 nitrogen and oxygen atoms in total. The number of methoxy groups -OCH3 is 2. The zero-order chi connectivity index (χ0) is 22.2. The number of carbonyl (C=O) groups is 1. The van der Waals surface area contributed by atoms with Crippen molar-refractivity contribution < 1.29 is 24.5 Å². The van der Waals surface area contributed by atoms with E-state index >= 15 is 0 Å². The predicted molar refractivity (Wildman–Crippen MR) is 118 cm³/mol. The first-order valence-corrected chi connectivity index (χ1v) is 9.52. The van der Waals surface area contributed by atoms with Crippen molar-refractivity contribution in [3.63, 3.8) is 0 Å². The fourth-order valence-corrected chi connectivity index (χ4v) is 2.81. The quantitative estimate of drug-likeness (QED) is 0.384. The lowest BCUT2D eigenvalue weighted by Gasteiger charge is -2.12. The Morgan fingerprint density at radius 1 is 1.13 bits per heavy atom. The summed E-state index contributed by atoms with van der Waals surface area (Å²) >= 11 is 0. The lowest BCUT2D eigenvalue weighted by molar-refractivity contribution is -0.117. The van der Waals surface area contributed by atoms with Gasteiger partial charge in [0.05, 0.1) is 32.4 Å². The van der Waals surface area contributed by atoms with E-state index in [2.05, 4.69) is 20.6 Å². The Morgan fingerprint density at radius 2 is 1.84 bits per heavy atom. The van der Waals surface area contributed by atoms with Crippen LogP contribution in [0.15, 0.2) is 48.8 Å². The Hall–Kier alpha value is -3.69. The predicted octanol–water partition coefficient (Wildman–Crippen LogP) is 1.87. The number of nitrogens with zero attached hydrogens (tertiary/aromatic N) is 2. The van der Waals surface area contributed by atoms with Crippen LogP contribution >= 0.6 is 0 Å². The van der Waals surface area contributed by atoms with Gasteiger partial charge in [-0.3, -0.25) is 4.79 Å². The molecule has 4 N–H and O–H groups in total. The number of fused-ring (bicyclic) bond motifs is 1. The van der Waals surface area contributed by atoms with E-state index in [1.54, 1.807) is 26.4 Å². The van der Waals surface area contributed by atoms with Crippen LogP contribution in [0.5, 0.6) is 11.5 Å². The Balaban J connectivity index is 1.72. The van der Waals surface area contributed by atoms with Crippen LogP contribution in [0.3, 0.4) is 0 Å². The van der Waals surface area contributed by atoms with Gasteiger partial charge >= 0.3 is 0 Å². The summed E-state index contributed by atoms with van der Waals surface area (Å²) in [5, 5.41) is 24.5. The third-order valence-corrected chi connectivity index (χ3v) is 4.46. The minimum Gasteiger partial charge on any atom is -0.493 e. The number of hydrogen-bond donors (Lipinski definition) is 4. The molecule has 0 radical (unpaired) electrons. The molecule has 9 heteroatoms. The Morgan fingerprint density at radius 3 is 2.52 bits per heavy atom. The first kappa shape index (κ1) is 22.0. The zero-order valence-electron chi connectivity index (χ0n) is 17.2. The highest BCUT2D eigenvalue weighted by Gasteiger charge is 2.11. The fraction of sp³-hybridized carbons (Fsp3) is 0.227. The smallest absolute Gasteiger partial charge is 0.244 e. The minimum atomic E-state index is -0.971. The Kier molecular flexibility index (Phi) is 7.36. The van der Waals surface area contributed by atoms with E-state index in [1.807, 2.05) is 30.3 Å². The number of aromatic nitrogens is 2. The SMILES string of the molecule is COc1cc2ncnc(Nc3ccc(/C=C/C(=O)NCC(O)CO)cc3)c2cc1OC.